The minimum atomic E-state index is -1.15. The molecule has 0 amide bonds. The zero-order valence-electron chi connectivity index (χ0n) is 14.1. The second kappa shape index (κ2) is 5.60. The van der Waals surface area contributed by atoms with Gasteiger partial charge in [0.25, 0.3) is 0 Å². The molecule has 3 aromatic carbocycles. The van der Waals surface area contributed by atoms with Crippen LogP contribution >= 0.6 is 15.9 Å². The molecule has 0 saturated heterocycles. The van der Waals surface area contributed by atoms with Crippen molar-refractivity contribution in [3.05, 3.63) is 94.0 Å². The Morgan fingerprint density at radius 3 is 2.62 bits per heavy atom. The van der Waals surface area contributed by atoms with Crippen molar-refractivity contribution in [1.29, 1.82) is 0 Å². The van der Waals surface area contributed by atoms with Gasteiger partial charge in [0.05, 0.1) is 0 Å². The van der Waals surface area contributed by atoms with Crippen molar-refractivity contribution in [2.75, 3.05) is 5.32 Å². The fourth-order valence-electron chi connectivity index (χ4n) is 4.20. The van der Waals surface area contributed by atoms with E-state index in [1.165, 1.54) is 0 Å². The molecule has 0 saturated carbocycles. The molecule has 2 aliphatic heterocycles. The molecule has 0 radical (unpaired) electrons. The number of hydrogen-bond donors (Lipinski definition) is 2. The van der Waals surface area contributed by atoms with E-state index in [9.17, 15) is 5.11 Å². The van der Waals surface area contributed by atoms with Crippen LogP contribution in [0.15, 0.2) is 77.3 Å². The summed E-state index contributed by atoms with van der Waals surface area (Å²) in [6, 6.07) is 24.1. The molecular formula is C22H18BrNO2. The van der Waals surface area contributed by atoms with Crippen LogP contribution in [0.4, 0.5) is 5.69 Å². The zero-order valence-corrected chi connectivity index (χ0v) is 15.7. The third-order valence-corrected chi connectivity index (χ3v) is 5.92. The van der Waals surface area contributed by atoms with Crippen molar-refractivity contribution in [2.24, 2.45) is 0 Å². The molecule has 0 spiro atoms. The van der Waals surface area contributed by atoms with E-state index in [1.54, 1.807) is 0 Å². The summed E-state index contributed by atoms with van der Waals surface area (Å²) in [6.07, 6.45) is 1.06. The summed E-state index contributed by atoms with van der Waals surface area (Å²) in [4.78, 5) is 0. The SMILES string of the molecule is O[C@@]12Cc3cc(Br)ccc3O[C@]1(Cc1ccccc1)Nc1ccccc12. The van der Waals surface area contributed by atoms with Gasteiger partial charge in [-0.25, -0.2) is 0 Å². The third kappa shape index (κ3) is 2.22. The van der Waals surface area contributed by atoms with Crippen molar-refractivity contribution < 1.29 is 9.84 Å². The van der Waals surface area contributed by atoms with Crippen molar-refractivity contribution in [3.8, 4) is 5.75 Å². The summed E-state index contributed by atoms with van der Waals surface area (Å²) in [7, 11) is 0. The fourth-order valence-corrected chi connectivity index (χ4v) is 4.61. The van der Waals surface area contributed by atoms with Crippen LogP contribution in [-0.4, -0.2) is 10.8 Å². The van der Waals surface area contributed by atoms with Gasteiger partial charge < -0.3 is 15.2 Å². The third-order valence-electron chi connectivity index (χ3n) is 5.43. The lowest BCUT2D eigenvalue weighted by atomic mass is 9.76. The number of para-hydroxylation sites is 1. The summed E-state index contributed by atoms with van der Waals surface area (Å²) >= 11 is 3.53. The van der Waals surface area contributed by atoms with Gasteiger partial charge in [-0.2, -0.15) is 0 Å². The standard InChI is InChI=1S/C22H18BrNO2/c23-17-10-11-20-16(12-17)14-21(25)18-8-4-5-9-19(18)24-22(21,26-20)13-15-6-2-1-3-7-15/h1-12,24-25H,13-14H2/t21-,22+/m1/s1. The molecule has 4 heteroatoms. The van der Waals surface area contributed by atoms with Crippen molar-refractivity contribution in [3.63, 3.8) is 0 Å². The van der Waals surface area contributed by atoms with E-state index in [0.717, 1.165) is 32.6 Å². The molecule has 0 fully saturated rings. The first-order valence-corrected chi connectivity index (χ1v) is 9.50. The van der Waals surface area contributed by atoms with E-state index in [-0.39, 0.29) is 0 Å². The van der Waals surface area contributed by atoms with Crippen LogP contribution in [0.3, 0.4) is 0 Å². The second-order valence-corrected chi connectivity index (χ2v) is 7.97. The van der Waals surface area contributed by atoms with Gasteiger partial charge in [-0.3, -0.25) is 0 Å². The number of fused-ring (bicyclic) bond motifs is 4. The Morgan fingerprint density at radius 1 is 1.00 bits per heavy atom. The van der Waals surface area contributed by atoms with Gasteiger partial charge in [0.1, 0.15) is 5.75 Å². The summed E-state index contributed by atoms with van der Waals surface area (Å²) in [5, 5.41) is 15.4. The van der Waals surface area contributed by atoms with E-state index < -0.39 is 11.3 Å². The Labute approximate surface area is 160 Å². The van der Waals surface area contributed by atoms with Crippen LogP contribution in [0.5, 0.6) is 5.75 Å². The molecule has 2 atom stereocenters. The number of hydrogen-bond acceptors (Lipinski definition) is 3. The highest BCUT2D eigenvalue weighted by Crippen LogP contribution is 2.53. The first-order valence-electron chi connectivity index (χ1n) is 8.71. The molecule has 2 N–H and O–H groups in total. The lowest BCUT2D eigenvalue weighted by Gasteiger charge is -2.46. The largest absolute Gasteiger partial charge is 0.464 e. The number of halogens is 1. The van der Waals surface area contributed by atoms with Crippen molar-refractivity contribution in [2.45, 2.75) is 24.2 Å². The summed E-state index contributed by atoms with van der Waals surface area (Å²) in [5.74, 6) is 0.814. The monoisotopic (exact) mass is 407 g/mol. The van der Waals surface area contributed by atoms with Crippen LogP contribution in [0.25, 0.3) is 0 Å². The Kier molecular flexibility index (Phi) is 3.43. The zero-order chi connectivity index (χ0) is 17.8. The molecule has 0 unspecified atom stereocenters. The summed E-state index contributed by atoms with van der Waals surface area (Å²) < 4.78 is 7.49. The van der Waals surface area contributed by atoms with E-state index in [4.69, 9.17) is 4.74 Å². The lowest BCUT2D eigenvalue weighted by molar-refractivity contribution is -0.128. The highest BCUT2D eigenvalue weighted by atomic mass is 79.9. The van der Waals surface area contributed by atoms with E-state index in [0.29, 0.717) is 12.8 Å². The average Bonchev–Trinajstić information content (AvgIpc) is 2.88. The Bertz CT molecular complexity index is 990. The van der Waals surface area contributed by atoms with Crippen molar-refractivity contribution >= 4 is 21.6 Å². The molecule has 5 rings (SSSR count). The molecule has 26 heavy (non-hydrogen) atoms. The Hall–Kier alpha value is -2.30. The minimum Gasteiger partial charge on any atom is -0.464 e. The van der Waals surface area contributed by atoms with Crippen LogP contribution in [-0.2, 0) is 18.4 Å². The fraction of sp³-hybridized carbons (Fsp3) is 0.182. The van der Waals surface area contributed by atoms with Gasteiger partial charge in [-0.15, -0.1) is 0 Å². The molecular weight excluding hydrogens is 390 g/mol. The molecule has 3 nitrogen and oxygen atoms in total. The minimum absolute atomic E-state index is 0.499. The predicted molar refractivity (Wildman–Crippen MR) is 105 cm³/mol. The maximum Gasteiger partial charge on any atom is 0.218 e. The summed E-state index contributed by atoms with van der Waals surface area (Å²) in [6.45, 7) is 0. The van der Waals surface area contributed by atoms with Crippen LogP contribution in [0, 0.1) is 0 Å². The average molecular weight is 408 g/mol. The van der Waals surface area contributed by atoms with Gasteiger partial charge >= 0.3 is 0 Å². The maximum atomic E-state index is 11.9. The maximum absolute atomic E-state index is 11.9. The normalized spacial score (nSPS) is 25.5. The Morgan fingerprint density at radius 2 is 1.77 bits per heavy atom. The lowest BCUT2D eigenvalue weighted by Crippen LogP contribution is -2.61. The molecule has 0 aromatic heterocycles. The highest BCUT2D eigenvalue weighted by Gasteiger charge is 2.61. The first kappa shape index (κ1) is 15.9. The molecule has 0 aliphatic carbocycles. The second-order valence-electron chi connectivity index (χ2n) is 7.05. The molecule has 2 aliphatic rings. The quantitative estimate of drug-likeness (QED) is 0.650. The first-order chi connectivity index (χ1) is 12.6. The molecule has 2 heterocycles. The van der Waals surface area contributed by atoms with E-state index >= 15 is 0 Å². The highest BCUT2D eigenvalue weighted by molar-refractivity contribution is 9.10. The Balaban J connectivity index is 1.68. The summed E-state index contributed by atoms with van der Waals surface area (Å²) in [5.41, 5.74) is 1.86. The predicted octanol–water partition coefficient (Wildman–Crippen LogP) is 4.64. The van der Waals surface area contributed by atoms with Crippen LogP contribution in [0.1, 0.15) is 16.7 Å². The molecule has 0 bridgehead atoms. The van der Waals surface area contributed by atoms with Gasteiger partial charge in [-0.05, 0) is 35.4 Å². The van der Waals surface area contributed by atoms with E-state index in [2.05, 4.69) is 33.4 Å². The number of rotatable bonds is 2. The smallest absolute Gasteiger partial charge is 0.218 e. The van der Waals surface area contributed by atoms with Crippen molar-refractivity contribution in [1.82, 2.24) is 0 Å². The van der Waals surface area contributed by atoms with Crippen LogP contribution in [0.2, 0.25) is 0 Å². The number of anilines is 1. The molecule has 3 aromatic rings. The topological polar surface area (TPSA) is 41.5 Å². The molecule has 130 valence electrons. The number of ether oxygens (including phenoxy) is 1. The van der Waals surface area contributed by atoms with Gasteiger partial charge in [0.15, 0.2) is 5.60 Å². The number of benzene rings is 3. The van der Waals surface area contributed by atoms with Crippen LogP contribution < -0.4 is 10.1 Å². The number of nitrogens with one attached hydrogen (secondary N) is 1. The van der Waals surface area contributed by atoms with Gasteiger partial charge in [0, 0.05) is 28.6 Å². The van der Waals surface area contributed by atoms with E-state index in [1.807, 2.05) is 60.7 Å². The number of aliphatic hydroxyl groups is 1. The van der Waals surface area contributed by atoms with Gasteiger partial charge in [-0.1, -0.05) is 64.5 Å². The van der Waals surface area contributed by atoms with Gasteiger partial charge in [0.2, 0.25) is 5.72 Å².